The monoisotopic (exact) mass is 340 g/mol. The minimum atomic E-state index is 0.163. The van der Waals surface area contributed by atoms with Crippen LogP contribution in [0.15, 0.2) is 30.3 Å². The Labute approximate surface area is 152 Å². The van der Waals surface area contributed by atoms with Crippen molar-refractivity contribution in [2.75, 3.05) is 6.54 Å². The first-order chi connectivity index (χ1) is 12.1. The summed E-state index contributed by atoms with van der Waals surface area (Å²) in [6.07, 6.45) is 10.3. The second-order valence-electron chi connectivity index (χ2n) is 9.04. The second kappa shape index (κ2) is 7.11. The van der Waals surface area contributed by atoms with Gasteiger partial charge in [0, 0.05) is 11.6 Å². The Kier molecular flexibility index (Phi) is 4.86. The summed E-state index contributed by atoms with van der Waals surface area (Å²) in [4.78, 5) is 12.4. The van der Waals surface area contributed by atoms with Crippen molar-refractivity contribution in [3.63, 3.8) is 0 Å². The molecule has 1 amide bonds. The molecule has 1 aromatic rings. The van der Waals surface area contributed by atoms with Crippen molar-refractivity contribution in [3.05, 3.63) is 35.9 Å². The Bertz CT molecular complexity index is 562. The molecule has 0 aliphatic heterocycles. The van der Waals surface area contributed by atoms with E-state index in [4.69, 9.17) is 0 Å². The summed E-state index contributed by atoms with van der Waals surface area (Å²) in [6, 6.07) is 10.7. The Balaban J connectivity index is 1.21. The maximum absolute atomic E-state index is 12.4. The molecule has 3 nitrogen and oxygen atoms in total. The largest absolute Gasteiger partial charge is 0.353 e. The van der Waals surface area contributed by atoms with Crippen LogP contribution in [0.4, 0.5) is 0 Å². The third kappa shape index (κ3) is 4.08. The number of benzene rings is 1. The van der Waals surface area contributed by atoms with Crippen molar-refractivity contribution in [2.24, 2.45) is 17.8 Å². The van der Waals surface area contributed by atoms with E-state index in [0.29, 0.717) is 6.54 Å². The van der Waals surface area contributed by atoms with Crippen LogP contribution >= 0.6 is 0 Å². The van der Waals surface area contributed by atoms with Crippen LogP contribution in [0, 0.1) is 17.8 Å². The van der Waals surface area contributed by atoms with E-state index in [1.165, 1.54) is 44.1 Å². The van der Waals surface area contributed by atoms with Crippen LogP contribution in [0.25, 0.3) is 0 Å². The number of aryl methyl sites for hydroxylation is 1. The minimum absolute atomic E-state index is 0.163. The van der Waals surface area contributed by atoms with Gasteiger partial charge in [-0.25, -0.2) is 0 Å². The van der Waals surface area contributed by atoms with Crippen molar-refractivity contribution in [2.45, 2.75) is 69.9 Å². The SMILES string of the molecule is C[C@H](CCc1ccccc1)NC(=O)CNC12CC3CC(CC(C3)C1)C2. The standard InChI is InChI=1S/C22H32N2O/c1-16(7-8-17-5-3-2-4-6-17)24-21(25)15-23-22-12-18-9-19(13-22)11-20(10-18)14-22/h2-6,16,18-20,23H,7-15H2,1H3,(H,24,25)/t16-,18?,19?,20?,22?/m1/s1. The van der Waals surface area contributed by atoms with Crippen LogP contribution in [-0.4, -0.2) is 24.0 Å². The normalized spacial score (nSPS) is 34.0. The average molecular weight is 341 g/mol. The molecule has 0 radical (unpaired) electrons. The smallest absolute Gasteiger partial charge is 0.234 e. The highest BCUT2D eigenvalue weighted by Crippen LogP contribution is 2.55. The summed E-state index contributed by atoms with van der Waals surface area (Å²) in [5, 5.41) is 6.88. The van der Waals surface area contributed by atoms with Crippen LogP contribution in [0.5, 0.6) is 0 Å². The topological polar surface area (TPSA) is 41.1 Å². The maximum Gasteiger partial charge on any atom is 0.234 e. The fourth-order valence-corrected chi connectivity index (χ4v) is 6.02. The Morgan fingerprint density at radius 3 is 2.28 bits per heavy atom. The predicted molar refractivity (Wildman–Crippen MR) is 101 cm³/mol. The Hall–Kier alpha value is -1.35. The van der Waals surface area contributed by atoms with Gasteiger partial charge in [-0.3, -0.25) is 4.79 Å². The van der Waals surface area contributed by atoms with E-state index >= 15 is 0 Å². The van der Waals surface area contributed by atoms with E-state index in [1.807, 2.05) is 6.07 Å². The first-order valence-electron chi connectivity index (χ1n) is 10.2. The highest BCUT2D eigenvalue weighted by molar-refractivity contribution is 5.78. The van der Waals surface area contributed by atoms with Gasteiger partial charge in [0.1, 0.15) is 0 Å². The van der Waals surface area contributed by atoms with Gasteiger partial charge in [-0.2, -0.15) is 0 Å². The van der Waals surface area contributed by atoms with Crippen molar-refractivity contribution in [1.29, 1.82) is 0 Å². The fourth-order valence-electron chi connectivity index (χ4n) is 6.02. The predicted octanol–water partition coefficient (Wildman–Crippen LogP) is 3.68. The minimum Gasteiger partial charge on any atom is -0.353 e. The Morgan fingerprint density at radius 1 is 1.08 bits per heavy atom. The molecule has 3 heteroatoms. The molecule has 4 aliphatic rings. The van der Waals surface area contributed by atoms with Gasteiger partial charge in [-0.05, 0) is 81.6 Å². The third-order valence-corrected chi connectivity index (χ3v) is 6.78. The number of carbonyl (C=O) groups is 1. The molecular formula is C22H32N2O. The van der Waals surface area contributed by atoms with E-state index in [-0.39, 0.29) is 17.5 Å². The first-order valence-corrected chi connectivity index (χ1v) is 10.2. The molecule has 0 saturated heterocycles. The molecule has 2 N–H and O–H groups in total. The van der Waals surface area contributed by atoms with Crippen LogP contribution in [0.1, 0.15) is 57.4 Å². The zero-order valence-corrected chi connectivity index (χ0v) is 15.5. The molecule has 5 rings (SSSR count). The summed E-state index contributed by atoms with van der Waals surface area (Å²) in [6.45, 7) is 2.60. The first kappa shape index (κ1) is 17.1. The molecule has 4 bridgehead atoms. The second-order valence-corrected chi connectivity index (χ2v) is 9.04. The highest BCUT2D eigenvalue weighted by Gasteiger charge is 2.50. The molecular weight excluding hydrogens is 308 g/mol. The molecule has 25 heavy (non-hydrogen) atoms. The van der Waals surface area contributed by atoms with Crippen LogP contribution in [0.3, 0.4) is 0 Å². The summed E-state index contributed by atoms with van der Waals surface area (Å²) in [5.74, 6) is 2.93. The number of hydrogen-bond acceptors (Lipinski definition) is 2. The van der Waals surface area contributed by atoms with Crippen molar-refractivity contribution in [3.8, 4) is 0 Å². The maximum atomic E-state index is 12.4. The lowest BCUT2D eigenvalue weighted by Crippen LogP contribution is -2.60. The number of carbonyl (C=O) groups excluding carboxylic acids is 1. The lowest BCUT2D eigenvalue weighted by Gasteiger charge is -2.57. The molecule has 1 atom stereocenters. The summed E-state index contributed by atoms with van der Waals surface area (Å²) < 4.78 is 0. The third-order valence-electron chi connectivity index (χ3n) is 6.78. The summed E-state index contributed by atoms with van der Waals surface area (Å²) in [7, 11) is 0. The molecule has 4 fully saturated rings. The average Bonchev–Trinajstić information content (AvgIpc) is 2.58. The van der Waals surface area contributed by atoms with Crippen molar-refractivity contribution in [1.82, 2.24) is 10.6 Å². The molecule has 0 unspecified atom stereocenters. The van der Waals surface area contributed by atoms with Gasteiger partial charge >= 0.3 is 0 Å². The van der Waals surface area contributed by atoms with Gasteiger partial charge < -0.3 is 10.6 Å². The summed E-state index contributed by atoms with van der Waals surface area (Å²) >= 11 is 0. The fraction of sp³-hybridized carbons (Fsp3) is 0.682. The molecule has 1 aromatic carbocycles. The number of nitrogens with one attached hydrogen (secondary N) is 2. The van der Waals surface area contributed by atoms with Crippen LogP contribution in [0.2, 0.25) is 0 Å². The van der Waals surface area contributed by atoms with Gasteiger partial charge in [0.15, 0.2) is 0 Å². The quantitative estimate of drug-likeness (QED) is 0.795. The zero-order valence-electron chi connectivity index (χ0n) is 15.5. The van der Waals surface area contributed by atoms with Crippen molar-refractivity contribution < 1.29 is 4.79 Å². The molecule has 4 aliphatic carbocycles. The van der Waals surface area contributed by atoms with Gasteiger partial charge in [-0.15, -0.1) is 0 Å². The number of hydrogen-bond donors (Lipinski definition) is 2. The van der Waals surface area contributed by atoms with Crippen LogP contribution < -0.4 is 10.6 Å². The molecule has 0 spiro atoms. The van der Waals surface area contributed by atoms with Gasteiger partial charge in [0.25, 0.3) is 0 Å². The Morgan fingerprint density at radius 2 is 1.68 bits per heavy atom. The van der Waals surface area contributed by atoms with E-state index in [2.05, 4.69) is 41.8 Å². The van der Waals surface area contributed by atoms with Crippen molar-refractivity contribution >= 4 is 5.91 Å². The lowest BCUT2D eigenvalue weighted by molar-refractivity contribution is -0.122. The number of rotatable bonds is 7. The highest BCUT2D eigenvalue weighted by atomic mass is 16.2. The van der Waals surface area contributed by atoms with Crippen LogP contribution in [-0.2, 0) is 11.2 Å². The molecule has 4 saturated carbocycles. The van der Waals surface area contributed by atoms with E-state index in [0.717, 1.165) is 30.6 Å². The van der Waals surface area contributed by atoms with E-state index in [1.54, 1.807) is 0 Å². The van der Waals surface area contributed by atoms with E-state index < -0.39 is 0 Å². The zero-order chi connectivity index (χ0) is 17.3. The lowest BCUT2D eigenvalue weighted by atomic mass is 9.53. The van der Waals surface area contributed by atoms with E-state index in [9.17, 15) is 4.79 Å². The summed E-state index contributed by atoms with van der Waals surface area (Å²) in [5.41, 5.74) is 1.62. The van der Waals surface area contributed by atoms with Gasteiger partial charge in [-0.1, -0.05) is 30.3 Å². The van der Waals surface area contributed by atoms with Gasteiger partial charge in [0.2, 0.25) is 5.91 Å². The molecule has 0 aromatic heterocycles. The number of amides is 1. The van der Waals surface area contributed by atoms with Gasteiger partial charge in [0.05, 0.1) is 6.54 Å². The molecule has 0 heterocycles. The molecule has 136 valence electrons.